The number of rotatable bonds is 8. The molecule has 1 aliphatic carbocycles. The number of nitrogens with zero attached hydrogens (tertiary/aromatic N) is 1. The van der Waals surface area contributed by atoms with E-state index in [0.29, 0.717) is 6.04 Å². The fourth-order valence-electron chi connectivity index (χ4n) is 3.97. The van der Waals surface area contributed by atoms with Gasteiger partial charge in [0.2, 0.25) is 0 Å². The van der Waals surface area contributed by atoms with Crippen LogP contribution in [0.1, 0.15) is 50.7 Å². The summed E-state index contributed by atoms with van der Waals surface area (Å²) in [5.74, 6) is 0. The van der Waals surface area contributed by atoms with Crippen molar-refractivity contribution in [3.63, 3.8) is 0 Å². The number of benzene rings is 2. The fourth-order valence-corrected chi connectivity index (χ4v) is 3.97. The smallest absolute Gasteiger partial charge is 0.0859 e. The molecule has 0 aliphatic heterocycles. The monoisotopic (exact) mass is 367 g/mol. The highest BCUT2D eigenvalue weighted by Crippen LogP contribution is 2.29. The van der Waals surface area contributed by atoms with Crippen LogP contribution in [0.3, 0.4) is 0 Å². The first-order valence-electron chi connectivity index (χ1n) is 10.2. The molecule has 1 fully saturated rings. The van der Waals surface area contributed by atoms with Crippen LogP contribution in [0.2, 0.25) is 0 Å². The van der Waals surface area contributed by atoms with Gasteiger partial charge in [-0.3, -0.25) is 4.90 Å². The zero-order chi connectivity index (χ0) is 19.1. The van der Waals surface area contributed by atoms with Crippen molar-refractivity contribution in [1.82, 2.24) is 4.90 Å². The Hall–Kier alpha value is -1.68. The van der Waals surface area contributed by atoms with Crippen LogP contribution >= 0.6 is 0 Å². The van der Waals surface area contributed by atoms with E-state index in [4.69, 9.17) is 4.74 Å². The summed E-state index contributed by atoms with van der Waals surface area (Å²) in [6.45, 7) is 5.97. The first kappa shape index (κ1) is 20.1. The molecule has 2 aromatic rings. The molecule has 0 unspecified atom stereocenters. The molecule has 3 nitrogen and oxygen atoms in total. The number of aliphatic hydroxyl groups excluding tert-OH is 1. The quantitative estimate of drug-likeness (QED) is 0.728. The van der Waals surface area contributed by atoms with Crippen molar-refractivity contribution in [3.8, 4) is 0 Å². The van der Waals surface area contributed by atoms with E-state index in [9.17, 15) is 5.11 Å². The van der Waals surface area contributed by atoms with Gasteiger partial charge < -0.3 is 9.84 Å². The van der Waals surface area contributed by atoms with Gasteiger partial charge in [0.05, 0.1) is 18.3 Å². The summed E-state index contributed by atoms with van der Waals surface area (Å²) in [6, 6.07) is 22.1. The third-order valence-corrected chi connectivity index (χ3v) is 5.48. The van der Waals surface area contributed by atoms with Crippen LogP contribution in [0, 0.1) is 0 Å². The number of hydrogen-bond donors (Lipinski definition) is 1. The topological polar surface area (TPSA) is 32.7 Å². The van der Waals surface area contributed by atoms with Crippen LogP contribution in [-0.4, -0.2) is 34.4 Å². The molecular formula is C24H33NO2. The Morgan fingerprint density at radius 2 is 1.33 bits per heavy atom. The third-order valence-electron chi connectivity index (χ3n) is 5.48. The highest BCUT2D eigenvalue weighted by Gasteiger charge is 2.30. The van der Waals surface area contributed by atoms with Gasteiger partial charge in [0, 0.05) is 19.1 Å². The fraction of sp³-hybridized carbons (Fsp3) is 0.500. The Morgan fingerprint density at radius 1 is 0.852 bits per heavy atom. The first-order chi connectivity index (χ1) is 13.1. The Bertz CT molecular complexity index is 622. The summed E-state index contributed by atoms with van der Waals surface area (Å²) in [4.78, 5) is 2.62. The van der Waals surface area contributed by atoms with Gasteiger partial charge in [-0.05, 0) is 50.7 Å². The van der Waals surface area contributed by atoms with Crippen molar-refractivity contribution in [3.05, 3.63) is 71.8 Å². The van der Waals surface area contributed by atoms with Crippen molar-refractivity contribution >= 4 is 0 Å². The average Bonchev–Trinajstić information content (AvgIpc) is 2.69. The summed E-state index contributed by atoms with van der Waals surface area (Å²) < 4.78 is 6.12. The SMILES string of the molecule is CC(C)(CO)O[C@H]1CC[C@H](N(Cc2ccccc2)Cc2ccccc2)CC1. The maximum absolute atomic E-state index is 9.46. The van der Waals surface area contributed by atoms with Crippen LogP contribution in [-0.2, 0) is 17.8 Å². The molecule has 0 heterocycles. The summed E-state index contributed by atoms with van der Waals surface area (Å²) in [5.41, 5.74) is 2.30. The lowest BCUT2D eigenvalue weighted by molar-refractivity contribution is -0.113. The molecule has 0 radical (unpaired) electrons. The Balaban J connectivity index is 1.64. The number of ether oxygens (including phenoxy) is 1. The molecular weight excluding hydrogens is 334 g/mol. The Morgan fingerprint density at radius 3 is 1.78 bits per heavy atom. The molecule has 146 valence electrons. The van der Waals surface area contributed by atoms with Crippen LogP contribution in [0.4, 0.5) is 0 Å². The zero-order valence-corrected chi connectivity index (χ0v) is 16.7. The van der Waals surface area contributed by atoms with Crippen molar-refractivity contribution in [1.29, 1.82) is 0 Å². The van der Waals surface area contributed by atoms with Gasteiger partial charge in [0.25, 0.3) is 0 Å². The van der Waals surface area contributed by atoms with Gasteiger partial charge in [-0.15, -0.1) is 0 Å². The third kappa shape index (κ3) is 6.17. The predicted molar refractivity (Wildman–Crippen MR) is 110 cm³/mol. The van der Waals surface area contributed by atoms with Crippen LogP contribution in [0.25, 0.3) is 0 Å². The molecule has 1 aliphatic rings. The molecule has 3 heteroatoms. The summed E-state index contributed by atoms with van der Waals surface area (Å²) in [5, 5.41) is 9.46. The Kier molecular flexibility index (Phi) is 7.06. The maximum atomic E-state index is 9.46. The molecule has 0 bridgehead atoms. The lowest BCUT2D eigenvalue weighted by atomic mass is 9.90. The number of aliphatic hydroxyl groups is 1. The lowest BCUT2D eigenvalue weighted by Gasteiger charge is -2.39. The summed E-state index contributed by atoms with van der Waals surface area (Å²) in [6.07, 6.45) is 4.68. The van der Waals surface area contributed by atoms with E-state index >= 15 is 0 Å². The molecule has 2 aromatic carbocycles. The van der Waals surface area contributed by atoms with E-state index in [-0.39, 0.29) is 12.7 Å². The second-order valence-corrected chi connectivity index (χ2v) is 8.34. The molecule has 0 spiro atoms. The molecule has 0 atom stereocenters. The maximum Gasteiger partial charge on any atom is 0.0859 e. The van der Waals surface area contributed by atoms with Crippen molar-refractivity contribution < 1.29 is 9.84 Å². The minimum atomic E-state index is -0.439. The van der Waals surface area contributed by atoms with Crippen molar-refractivity contribution in [2.24, 2.45) is 0 Å². The normalized spacial score (nSPS) is 20.7. The minimum absolute atomic E-state index is 0.0705. The molecule has 27 heavy (non-hydrogen) atoms. The average molecular weight is 368 g/mol. The van der Waals surface area contributed by atoms with E-state index in [1.807, 2.05) is 13.8 Å². The van der Waals surface area contributed by atoms with Gasteiger partial charge in [0.1, 0.15) is 0 Å². The largest absolute Gasteiger partial charge is 0.393 e. The van der Waals surface area contributed by atoms with Gasteiger partial charge in [-0.2, -0.15) is 0 Å². The van der Waals surface area contributed by atoms with Crippen LogP contribution in [0.5, 0.6) is 0 Å². The van der Waals surface area contributed by atoms with Crippen molar-refractivity contribution in [2.75, 3.05) is 6.61 Å². The van der Waals surface area contributed by atoms with Crippen LogP contribution < -0.4 is 0 Å². The van der Waals surface area contributed by atoms with Gasteiger partial charge in [0.15, 0.2) is 0 Å². The standard InChI is InChI=1S/C24H33NO2/c1-24(2,19-26)27-23-15-13-22(14-16-23)25(17-20-9-5-3-6-10-20)18-21-11-7-4-8-12-21/h3-12,22-23,26H,13-19H2,1-2H3/t22-,23-. The van der Waals surface area contributed by atoms with Crippen LogP contribution in [0.15, 0.2) is 60.7 Å². The number of hydrogen-bond acceptors (Lipinski definition) is 3. The molecule has 1 saturated carbocycles. The van der Waals surface area contributed by atoms with Crippen molar-refractivity contribution in [2.45, 2.75) is 70.4 Å². The van der Waals surface area contributed by atoms with E-state index in [1.54, 1.807) is 0 Å². The predicted octanol–water partition coefficient (Wildman–Crippen LogP) is 4.79. The molecule has 3 rings (SSSR count). The highest BCUT2D eigenvalue weighted by molar-refractivity contribution is 5.17. The van der Waals surface area contributed by atoms with Gasteiger partial charge >= 0.3 is 0 Å². The molecule has 1 N–H and O–H groups in total. The van der Waals surface area contributed by atoms with Gasteiger partial charge in [-0.1, -0.05) is 60.7 Å². The Labute approximate surface area is 164 Å². The lowest BCUT2D eigenvalue weighted by Crippen LogP contribution is -2.41. The first-order valence-corrected chi connectivity index (χ1v) is 10.2. The molecule has 0 amide bonds. The summed E-state index contributed by atoms with van der Waals surface area (Å²) in [7, 11) is 0. The second kappa shape index (κ2) is 9.50. The second-order valence-electron chi connectivity index (χ2n) is 8.34. The molecule has 0 aromatic heterocycles. The molecule has 0 saturated heterocycles. The van der Waals surface area contributed by atoms with E-state index in [0.717, 1.165) is 38.8 Å². The highest BCUT2D eigenvalue weighted by atomic mass is 16.5. The van der Waals surface area contributed by atoms with E-state index < -0.39 is 5.60 Å². The van der Waals surface area contributed by atoms with E-state index in [2.05, 4.69) is 65.6 Å². The minimum Gasteiger partial charge on any atom is -0.393 e. The summed E-state index contributed by atoms with van der Waals surface area (Å²) >= 11 is 0. The van der Waals surface area contributed by atoms with Gasteiger partial charge in [-0.25, -0.2) is 0 Å². The van der Waals surface area contributed by atoms with E-state index in [1.165, 1.54) is 11.1 Å². The zero-order valence-electron chi connectivity index (χ0n) is 16.7.